The van der Waals surface area contributed by atoms with E-state index in [9.17, 15) is 14.0 Å². The van der Waals surface area contributed by atoms with Crippen molar-refractivity contribution in [3.8, 4) is 11.5 Å². The Morgan fingerprint density at radius 3 is 2.27 bits per heavy atom. The molecule has 1 aliphatic carbocycles. The molecule has 0 spiro atoms. The number of ether oxygens (including phenoxy) is 2. The molecule has 0 radical (unpaired) electrons. The molecule has 5 nitrogen and oxygen atoms in total. The molecule has 4 rings (SSSR count). The van der Waals surface area contributed by atoms with Crippen molar-refractivity contribution in [2.75, 3.05) is 13.7 Å². The third kappa shape index (κ3) is 5.71. The highest BCUT2D eigenvalue weighted by atomic mass is 35.5. The Morgan fingerprint density at radius 2 is 1.67 bits per heavy atom. The van der Waals surface area contributed by atoms with Crippen molar-refractivity contribution in [3.05, 3.63) is 94.3 Å². The molecule has 3 aromatic carbocycles. The van der Waals surface area contributed by atoms with E-state index in [4.69, 9.17) is 21.1 Å². The molecule has 0 unspecified atom stereocenters. The molecule has 1 fully saturated rings. The summed E-state index contributed by atoms with van der Waals surface area (Å²) in [6.45, 7) is 1.10. The highest BCUT2D eigenvalue weighted by molar-refractivity contribution is 6.32. The van der Waals surface area contributed by atoms with Crippen LogP contribution < -0.4 is 4.74 Å². The van der Waals surface area contributed by atoms with Crippen molar-refractivity contribution in [1.29, 1.82) is 0 Å². The van der Waals surface area contributed by atoms with Gasteiger partial charge in [-0.3, -0.25) is 4.79 Å². The zero-order valence-corrected chi connectivity index (χ0v) is 18.8. The van der Waals surface area contributed by atoms with Crippen molar-refractivity contribution < 1.29 is 23.5 Å². The zero-order valence-electron chi connectivity index (χ0n) is 18.1. The smallest absolute Gasteiger partial charge is 0.337 e. The third-order valence-electron chi connectivity index (χ3n) is 5.45. The first-order valence-corrected chi connectivity index (χ1v) is 11.0. The van der Waals surface area contributed by atoms with Crippen LogP contribution in [0.15, 0.2) is 66.7 Å². The molecule has 0 bridgehead atoms. The van der Waals surface area contributed by atoms with Crippen LogP contribution >= 0.6 is 11.6 Å². The van der Waals surface area contributed by atoms with Crippen LogP contribution in [0.4, 0.5) is 4.39 Å². The number of rotatable bonds is 8. The predicted octanol–water partition coefficient (Wildman–Crippen LogP) is 6.11. The first-order chi connectivity index (χ1) is 15.9. The van der Waals surface area contributed by atoms with E-state index < -0.39 is 11.8 Å². The van der Waals surface area contributed by atoms with E-state index >= 15 is 0 Å². The van der Waals surface area contributed by atoms with Gasteiger partial charge < -0.3 is 14.4 Å². The van der Waals surface area contributed by atoms with Gasteiger partial charge in [0.05, 0.1) is 17.7 Å². The number of methoxy groups -OCH3 is 1. The van der Waals surface area contributed by atoms with Gasteiger partial charge in [-0.1, -0.05) is 29.8 Å². The highest BCUT2D eigenvalue weighted by Crippen LogP contribution is 2.33. The molecule has 0 aromatic heterocycles. The van der Waals surface area contributed by atoms with Gasteiger partial charge in [0.25, 0.3) is 5.91 Å². The maximum absolute atomic E-state index is 14.0. The summed E-state index contributed by atoms with van der Waals surface area (Å²) in [5.41, 5.74) is 1.89. The van der Waals surface area contributed by atoms with Gasteiger partial charge in [-0.15, -0.1) is 0 Å². The topological polar surface area (TPSA) is 55.8 Å². The van der Waals surface area contributed by atoms with E-state index in [-0.39, 0.29) is 16.7 Å². The number of amides is 1. The Hall–Kier alpha value is -3.38. The number of carbonyl (C=O) groups excluding carboxylic acids is 2. The van der Waals surface area contributed by atoms with Crippen LogP contribution in [0, 0.1) is 11.7 Å². The van der Waals surface area contributed by atoms with Gasteiger partial charge in [-0.25, -0.2) is 9.18 Å². The van der Waals surface area contributed by atoms with Crippen LogP contribution in [0.3, 0.4) is 0 Å². The Labute approximate surface area is 196 Å². The van der Waals surface area contributed by atoms with Crippen molar-refractivity contribution in [1.82, 2.24) is 4.90 Å². The highest BCUT2D eigenvalue weighted by Gasteiger charge is 2.27. The number of halogens is 2. The molecule has 0 N–H and O–H groups in total. The molecule has 1 saturated carbocycles. The molecule has 33 heavy (non-hydrogen) atoms. The summed E-state index contributed by atoms with van der Waals surface area (Å²) >= 11 is 6.02. The van der Waals surface area contributed by atoms with E-state index in [1.807, 2.05) is 17.0 Å². The molecular weight excluding hydrogens is 445 g/mol. The number of nitrogens with zero attached hydrogens (tertiary/aromatic N) is 1. The largest absolute Gasteiger partial charge is 0.465 e. The molecule has 7 heteroatoms. The number of esters is 1. The Kier molecular flexibility index (Phi) is 6.94. The second kappa shape index (κ2) is 10.0. The first kappa shape index (κ1) is 22.8. The normalized spacial score (nSPS) is 12.8. The van der Waals surface area contributed by atoms with E-state index in [1.165, 1.54) is 19.2 Å². The number of hydrogen-bond donors (Lipinski definition) is 0. The van der Waals surface area contributed by atoms with Crippen LogP contribution in [-0.2, 0) is 11.3 Å². The van der Waals surface area contributed by atoms with E-state index in [0.717, 1.165) is 18.4 Å². The molecule has 0 atom stereocenters. The molecule has 0 heterocycles. The minimum Gasteiger partial charge on any atom is -0.465 e. The maximum atomic E-state index is 14.0. The number of benzene rings is 3. The summed E-state index contributed by atoms with van der Waals surface area (Å²) in [7, 11) is 1.34. The van der Waals surface area contributed by atoms with Crippen molar-refractivity contribution in [2.24, 2.45) is 5.92 Å². The second-order valence-electron chi connectivity index (χ2n) is 7.99. The molecular formula is C26H23ClFNO4. The lowest BCUT2D eigenvalue weighted by Crippen LogP contribution is -2.32. The third-order valence-corrected chi connectivity index (χ3v) is 5.75. The maximum Gasteiger partial charge on any atom is 0.337 e. The molecule has 1 aliphatic rings. The van der Waals surface area contributed by atoms with Crippen LogP contribution in [0.25, 0.3) is 0 Å². The van der Waals surface area contributed by atoms with Gasteiger partial charge in [-0.2, -0.15) is 0 Å². The summed E-state index contributed by atoms with van der Waals surface area (Å²) < 4.78 is 24.3. The Bertz CT molecular complexity index is 1120. The minimum atomic E-state index is -0.559. The second-order valence-corrected chi connectivity index (χ2v) is 8.40. The zero-order chi connectivity index (χ0) is 23.4. The fourth-order valence-corrected chi connectivity index (χ4v) is 3.66. The van der Waals surface area contributed by atoms with Crippen LogP contribution in [0.1, 0.15) is 39.1 Å². The summed E-state index contributed by atoms with van der Waals surface area (Å²) in [6.07, 6.45) is 2.22. The van der Waals surface area contributed by atoms with Gasteiger partial charge >= 0.3 is 5.97 Å². The van der Waals surface area contributed by atoms with Crippen molar-refractivity contribution in [3.63, 3.8) is 0 Å². The summed E-state index contributed by atoms with van der Waals surface area (Å²) in [5, 5.41) is 0.170. The number of carbonyl (C=O) groups is 2. The average molecular weight is 468 g/mol. The first-order valence-electron chi connectivity index (χ1n) is 10.6. The fraction of sp³-hybridized carbons (Fsp3) is 0.231. The molecule has 3 aromatic rings. The monoisotopic (exact) mass is 467 g/mol. The molecule has 170 valence electrons. The number of para-hydroxylation sites is 1. The minimum absolute atomic E-state index is 0.0518. The van der Waals surface area contributed by atoms with Crippen LogP contribution in [0.2, 0.25) is 5.02 Å². The van der Waals surface area contributed by atoms with E-state index in [1.54, 1.807) is 42.5 Å². The lowest BCUT2D eigenvalue weighted by atomic mass is 10.1. The SMILES string of the molecule is COC(=O)c1ccc(CN(CC2CC2)C(=O)c2ccc(Oc3c(F)cccc3Cl)cc2)cc1. The lowest BCUT2D eigenvalue weighted by molar-refractivity contribution is 0.0600. The van der Waals surface area contributed by atoms with Crippen molar-refractivity contribution >= 4 is 23.5 Å². The van der Waals surface area contributed by atoms with Gasteiger partial charge in [0.15, 0.2) is 11.6 Å². The standard InChI is InChI=1S/C26H23ClFNO4/c1-32-26(31)20-9-7-18(8-10-20)16-29(15-17-5-6-17)25(30)19-11-13-21(14-12-19)33-24-22(27)3-2-4-23(24)28/h2-4,7-14,17H,5-6,15-16H2,1H3. The summed E-state index contributed by atoms with van der Waals surface area (Å²) in [4.78, 5) is 26.7. The van der Waals surface area contributed by atoms with Gasteiger partial charge in [0, 0.05) is 18.7 Å². The van der Waals surface area contributed by atoms with Gasteiger partial charge in [-0.05, 0) is 72.9 Å². The van der Waals surface area contributed by atoms with Crippen LogP contribution in [-0.4, -0.2) is 30.4 Å². The number of hydrogen-bond acceptors (Lipinski definition) is 4. The fourth-order valence-electron chi connectivity index (χ4n) is 3.46. The predicted molar refractivity (Wildman–Crippen MR) is 123 cm³/mol. The van der Waals surface area contributed by atoms with Gasteiger partial charge in [0.1, 0.15) is 5.75 Å². The average Bonchev–Trinajstić information content (AvgIpc) is 3.65. The lowest BCUT2D eigenvalue weighted by Gasteiger charge is -2.23. The Balaban J connectivity index is 1.48. The van der Waals surface area contributed by atoms with E-state index in [2.05, 4.69) is 0 Å². The van der Waals surface area contributed by atoms with E-state index in [0.29, 0.717) is 35.9 Å². The van der Waals surface area contributed by atoms with Crippen LogP contribution in [0.5, 0.6) is 11.5 Å². The quantitative estimate of drug-likeness (QED) is 0.375. The summed E-state index contributed by atoms with van der Waals surface area (Å²) in [5.74, 6) is -0.221. The molecule has 0 aliphatic heterocycles. The van der Waals surface area contributed by atoms with Gasteiger partial charge in [0.2, 0.25) is 0 Å². The molecule has 0 saturated heterocycles. The summed E-state index contributed by atoms with van der Waals surface area (Å²) in [6, 6.07) is 17.9. The van der Waals surface area contributed by atoms with Crippen molar-refractivity contribution in [2.45, 2.75) is 19.4 Å². The molecule has 1 amide bonds. The Morgan fingerprint density at radius 1 is 1.00 bits per heavy atom.